The van der Waals surface area contributed by atoms with Crippen molar-refractivity contribution in [1.29, 1.82) is 0 Å². The fourth-order valence-corrected chi connectivity index (χ4v) is 0.581. The van der Waals surface area contributed by atoms with Gasteiger partial charge in [0, 0.05) is 41.9 Å². The van der Waals surface area contributed by atoms with Crippen LogP contribution < -0.4 is 0 Å². The summed E-state index contributed by atoms with van der Waals surface area (Å²) in [5, 5.41) is 8.38. The Morgan fingerprint density at radius 3 is 1.91 bits per heavy atom. The van der Waals surface area contributed by atoms with Gasteiger partial charge in [0.05, 0.1) is 5.56 Å². The molecule has 0 aliphatic heterocycles. The normalized spacial score (nSPS) is 7.27. The van der Waals surface area contributed by atoms with E-state index >= 15 is 0 Å². The molecule has 0 unspecified atom stereocenters. The molecule has 0 amide bonds. The third-order valence-corrected chi connectivity index (χ3v) is 1.02. The van der Waals surface area contributed by atoms with Crippen LogP contribution >= 0.6 is 0 Å². The van der Waals surface area contributed by atoms with Crippen LogP contribution in [0.4, 0.5) is 0 Å². The Kier molecular flexibility index (Phi) is 8.36. The molecular weight excluding hydrogens is 378 g/mol. The number of hydrogen-bond acceptors (Lipinski definition) is 1. The maximum atomic E-state index is 10.2. The van der Waals surface area contributed by atoms with E-state index in [0.29, 0.717) is 5.56 Å². The molecule has 0 saturated carbocycles. The topological polar surface area (TPSA) is 37.3 Å². The molecule has 1 aromatic carbocycles. The van der Waals surface area contributed by atoms with Crippen LogP contribution in [0, 0.1) is 0 Å². The second-order valence-corrected chi connectivity index (χ2v) is 1.67. The molecule has 1 aromatic rings. The van der Waals surface area contributed by atoms with Gasteiger partial charge in [-0.25, -0.2) is 4.79 Å². The zero-order valence-corrected chi connectivity index (χ0v) is 10.9. The Morgan fingerprint density at radius 2 is 1.64 bits per heavy atom. The predicted octanol–water partition coefficient (Wildman–Crippen LogP) is 1.38. The third kappa shape index (κ3) is 4.49. The van der Waals surface area contributed by atoms with E-state index in [9.17, 15) is 4.79 Å². The molecule has 1 N–H and O–H groups in total. The average Bonchev–Trinajstić information content (AvgIpc) is 1.90. The number of hydrogen-bond donors (Lipinski definition) is 1. The van der Waals surface area contributed by atoms with Crippen molar-refractivity contribution in [2.24, 2.45) is 0 Å². The minimum absolute atomic E-state index is 0. The molecule has 0 aliphatic carbocycles. The molecule has 0 spiro atoms. The third-order valence-electron chi connectivity index (χ3n) is 1.02. The zero-order chi connectivity index (χ0) is 6.69. The van der Waals surface area contributed by atoms with Crippen LogP contribution in [-0.4, -0.2) is 11.1 Å². The number of aromatic carboxylic acids is 1. The summed E-state index contributed by atoms with van der Waals surface area (Å²) in [5.41, 5.74) is 0.331. The molecule has 0 atom stereocenters. The molecule has 0 bridgehead atoms. The minimum atomic E-state index is -0.879. The van der Waals surface area contributed by atoms with E-state index in [1.807, 2.05) is 0 Å². The summed E-state index contributed by atoms with van der Waals surface area (Å²) < 4.78 is 0. The van der Waals surface area contributed by atoms with Gasteiger partial charge in [-0.15, -0.1) is 0 Å². The molecular formula is C7H6AuO2Zn. The molecule has 0 aliphatic rings. The van der Waals surface area contributed by atoms with E-state index in [2.05, 4.69) is 0 Å². The van der Waals surface area contributed by atoms with E-state index in [1.54, 1.807) is 30.3 Å². The summed E-state index contributed by atoms with van der Waals surface area (Å²) in [7, 11) is 0. The Balaban J connectivity index is 0. The van der Waals surface area contributed by atoms with Gasteiger partial charge in [0.25, 0.3) is 0 Å². The molecule has 0 saturated heterocycles. The summed E-state index contributed by atoms with van der Waals surface area (Å²) in [6, 6.07) is 8.30. The number of carbonyl (C=O) groups is 1. The molecule has 4 heteroatoms. The van der Waals surface area contributed by atoms with Crippen LogP contribution in [0.25, 0.3) is 0 Å². The standard InChI is InChI=1S/C7H6O2.Au.Zn/c8-7(9)6-4-2-1-3-5-6;;/h1-5H,(H,8,9);;. The number of benzene rings is 1. The number of carboxylic acid groups (broad SMARTS) is 1. The van der Waals surface area contributed by atoms with Gasteiger partial charge < -0.3 is 5.11 Å². The van der Waals surface area contributed by atoms with Crippen LogP contribution in [0.3, 0.4) is 0 Å². The molecule has 11 heavy (non-hydrogen) atoms. The van der Waals surface area contributed by atoms with Gasteiger partial charge in [0.15, 0.2) is 0 Å². The molecule has 1 radical (unpaired) electrons. The second-order valence-electron chi connectivity index (χ2n) is 1.67. The minimum Gasteiger partial charge on any atom is -0.478 e. The molecule has 59 valence electrons. The van der Waals surface area contributed by atoms with Crippen molar-refractivity contribution in [1.82, 2.24) is 0 Å². The summed E-state index contributed by atoms with van der Waals surface area (Å²) in [5.74, 6) is -0.879. The fraction of sp³-hybridized carbons (Fsp3) is 0. The largest absolute Gasteiger partial charge is 0.478 e. The van der Waals surface area contributed by atoms with Crippen molar-refractivity contribution in [2.45, 2.75) is 0 Å². The van der Waals surface area contributed by atoms with Gasteiger partial charge in [-0.3, -0.25) is 0 Å². The van der Waals surface area contributed by atoms with Crippen molar-refractivity contribution in [2.75, 3.05) is 0 Å². The Labute approximate surface area is 93.3 Å². The Hall–Kier alpha value is 0.0536. The number of rotatable bonds is 1. The van der Waals surface area contributed by atoms with Gasteiger partial charge in [0.1, 0.15) is 0 Å². The average molecular weight is 384 g/mol. The molecule has 0 heterocycles. The van der Waals surface area contributed by atoms with Crippen molar-refractivity contribution >= 4 is 5.97 Å². The Morgan fingerprint density at radius 1 is 1.18 bits per heavy atom. The molecule has 0 aromatic heterocycles. The van der Waals surface area contributed by atoms with E-state index in [-0.39, 0.29) is 41.9 Å². The molecule has 0 fully saturated rings. The first kappa shape index (κ1) is 13.6. The summed E-state index contributed by atoms with van der Waals surface area (Å²) in [6.07, 6.45) is 0. The Bertz CT molecular complexity index is 213. The van der Waals surface area contributed by atoms with Crippen molar-refractivity contribution in [3.63, 3.8) is 0 Å². The maximum absolute atomic E-state index is 10.2. The fourth-order valence-electron chi connectivity index (χ4n) is 0.581. The van der Waals surface area contributed by atoms with Gasteiger partial charge >= 0.3 is 5.97 Å². The molecule has 1 rings (SSSR count). The van der Waals surface area contributed by atoms with Crippen LogP contribution in [0.5, 0.6) is 0 Å². The number of carboxylic acids is 1. The zero-order valence-electron chi connectivity index (χ0n) is 5.75. The first-order valence-electron chi connectivity index (χ1n) is 2.59. The van der Waals surface area contributed by atoms with Crippen LogP contribution in [-0.2, 0) is 41.9 Å². The van der Waals surface area contributed by atoms with E-state index in [4.69, 9.17) is 5.11 Å². The molecule has 2 nitrogen and oxygen atoms in total. The van der Waals surface area contributed by atoms with Crippen molar-refractivity contribution in [3.8, 4) is 0 Å². The van der Waals surface area contributed by atoms with E-state index < -0.39 is 5.97 Å². The van der Waals surface area contributed by atoms with Crippen LogP contribution in [0.15, 0.2) is 30.3 Å². The van der Waals surface area contributed by atoms with Gasteiger partial charge in [-0.2, -0.15) is 0 Å². The van der Waals surface area contributed by atoms with E-state index in [0.717, 1.165) is 0 Å². The van der Waals surface area contributed by atoms with Crippen molar-refractivity contribution < 1.29 is 51.8 Å². The van der Waals surface area contributed by atoms with Crippen LogP contribution in [0.2, 0.25) is 0 Å². The van der Waals surface area contributed by atoms with Crippen LogP contribution in [0.1, 0.15) is 10.4 Å². The maximum Gasteiger partial charge on any atom is 0.335 e. The predicted molar refractivity (Wildman–Crippen MR) is 33.4 cm³/mol. The second kappa shape index (κ2) is 6.74. The quantitative estimate of drug-likeness (QED) is 0.743. The monoisotopic (exact) mass is 383 g/mol. The van der Waals surface area contributed by atoms with Gasteiger partial charge in [-0.05, 0) is 12.1 Å². The van der Waals surface area contributed by atoms with Crippen molar-refractivity contribution in [3.05, 3.63) is 35.9 Å². The smallest absolute Gasteiger partial charge is 0.335 e. The summed E-state index contributed by atoms with van der Waals surface area (Å²) in [4.78, 5) is 10.2. The van der Waals surface area contributed by atoms with Gasteiger partial charge in [-0.1, -0.05) is 18.2 Å². The van der Waals surface area contributed by atoms with E-state index in [1.165, 1.54) is 0 Å². The SMILES string of the molecule is O=C(O)c1ccccc1.[Au].[Zn]. The summed E-state index contributed by atoms with van der Waals surface area (Å²) >= 11 is 0. The van der Waals surface area contributed by atoms with Gasteiger partial charge in [0.2, 0.25) is 0 Å². The summed E-state index contributed by atoms with van der Waals surface area (Å²) in [6.45, 7) is 0. The first-order valence-corrected chi connectivity index (χ1v) is 2.59. The first-order chi connectivity index (χ1) is 4.30.